The zero-order valence-corrected chi connectivity index (χ0v) is 10.7. The van der Waals surface area contributed by atoms with E-state index >= 15 is 0 Å². The second kappa shape index (κ2) is 4.67. The van der Waals surface area contributed by atoms with Crippen LogP contribution in [0.5, 0.6) is 11.8 Å². The molecule has 0 fully saturated rings. The van der Waals surface area contributed by atoms with Crippen LogP contribution in [-0.4, -0.2) is 41.9 Å². The number of fused-ring (bicyclic) bond motifs is 1. The summed E-state index contributed by atoms with van der Waals surface area (Å²) in [6.07, 6.45) is 3.99. The average molecular weight is 288 g/mol. The van der Waals surface area contributed by atoms with Crippen LogP contribution in [-0.2, 0) is 0 Å². The van der Waals surface area contributed by atoms with Crippen LogP contribution in [0.3, 0.4) is 0 Å². The molecule has 0 aromatic carbocycles. The van der Waals surface area contributed by atoms with Crippen molar-refractivity contribution in [3.63, 3.8) is 0 Å². The molecule has 3 aromatic heterocycles. The monoisotopic (exact) mass is 288 g/mol. The van der Waals surface area contributed by atoms with Gasteiger partial charge in [0, 0.05) is 12.3 Å². The van der Waals surface area contributed by atoms with Gasteiger partial charge in [-0.2, -0.15) is 0 Å². The van der Waals surface area contributed by atoms with E-state index in [1.165, 1.54) is 36.6 Å². The van der Waals surface area contributed by atoms with Crippen LogP contribution in [0.25, 0.3) is 16.7 Å². The molecular formula is C11H8N6O4. The minimum absolute atomic E-state index is 0.0944. The minimum Gasteiger partial charge on any atom is -0.493 e. The van der Waals surface area contributed by atoms with E-state index in [1.807, 2.05) is 0 Å². The Hall–Kier alpha value is -3.30. The molecule has 0 aliphatic heterocycles. The van der Waals surface area contributed by atoms with E-state index in [1.54, 1.807) is 0 Å². The minimum atomic E-state index is -0.601. The molecule has 0 saturated carbocycles. The Balaban J connectivity index is 2.16. The van der Waals surface area contributed by atoms with Gasteiger partial charge in [0.2, 0.25) is 5.88 Å². The first-order valence-electron chi connectivity index (χ1n) is 5.68. The van der Waals surface area contributed by atoms with E-state index in [4.69, 9.17) is 4.74 Å². The van der Waals surface area contributed by atoms with Crippen LogP contribution >= 0.6 is 0 Å². The highest BCUT2D eigenvalue weighted by atomic mass is 16.6. The van der Waals surface area contributed by atoms with E-state index in [0.29, 0.717) is 11.1 Å². The number of ether oxygens (including phenoxy) is 1. The standard InChI is InChI=1S/C11H8N6O4/c1-21-11-8(17(19)20)2-6(3-12-11)16-4-7-9(15-16)13-5-14-10(7)18/h2-5H,1H3,(H,13,14,15,18). The first-order chi connectivity index (χ1) is 10.1. The van der Waals surface area contributed by atoms with Crippen molar-refractivity contribution in [2.45, 2.75) is 0 Å². The number of pyridine rings is 1. The number of methoxy groups -OCH3 is 1. The molecule has 0 radical (unpaired) electrons. The first-order valence-corrected chi connectivity index (χ1v) is 5.68. The Labute approximate surface area is 116 Å². The predicted molar refractivity (Wildman–Crippen MR) is 69.3 cm³/mol. The third-order valence-corrected chi connectivity index (χ3v) is 2.77. The summed E-state index contributed by atoms with van der Waals surface area (Å²) in [5.41, 5.74) is 0.311. The molecule has 3 rings (SSSR count). The van der Waals surface area contributed by atoms with Crippen LogP contribution in [0.15, 0.2) is 24.8 Å². The largest absolute Gasteiger partial charge is 0.493 e. The molecule has 0 saturated heterocycles. The van der Waals surface area contributed by atoms with Crippen molar-refractivity contribution in [2.24, 2.45) is 0 Å². The Morgan fingerprint density at radius 2 is 2.19 bits per heavy atom. The van der Waals surface area contributed by atoms with Gasteiger partial charge in [-0.25, -0.2) is 19.6 Å². The summed E-state index contributed by atoms with van der Waals surface area (Å²) in [4.78, 5) is 21.8. The number of aromatic nitrogens is 5. The smallest absolute Gasteiger partial charge is 0.333 e. The molecule has 3 heterocycles. The van der Waals surface area contributed by atoms with Crippen molar-refractivity contribution >= 4 is 16.7 Å². The quantitative estimate of drug-likeness (QED) is 0.554. The molecule has 0 spiro atoms. The summed E-state index contributed by atoms with van der Waals surface area (Å²) in [6.45, 7) is 0. The summed E-state index contributed by atoms with van der Waals surface area (Å²) >= 11 is 0. The van der Waals surface area contributed by atoms with Crippen molar-refractivity contribution in [3.8, 4) is 17.4 Å². The van der Waals surface area contributed by atoms with Gasteiger partial charge in [-0.1, -0.05) is 0 Å². The lowest BCUT2D eigenvalue weighted by molar-refractivity contribution is -0.386. The number of nitro groups is 1. The second-order valence-electron chi connectivity index (χ2n) is 3.99. The third-order valence-electron chi connectivity index (χ3n) is 2.77. The Morgan fingerprint density at radius 1 is 1.38 bits per heavy atom. The Bertz CT molecular complexity index is 846. The lowest BCUT2D eigenvalue weighted by Crippen LogP contribution is -2.01. The van der Waals surface area contributed by atoms with Gasteiger partial charge >= 0.3 is 5.69 Å². The van der Waals surface area contributed by atoms with Crippen LogP contribution < -0.4 is 4.74 Å². The molecule has 10 nitrogen and oxygen atoms in total. The second-order valence-corrected chi connectivity index (χ2v) is 3.99. The normalized spacial score (nSPS) is 10.7. The Morgan fingerprint density at radius 3 is 2.86 bits per heavy atom. The van der Waals surface area contributed by atoms with Gasteiger partial charge in [0.25, 0.3) is 5.88 Å². The topological polar surface area (TPSA) is 129 Å². The maximum atomic E-state index is 11.0. The molecule has 0 aliphatic carbocycles. The van der Waals surface area contributed by atoms with Gasteiger partial charge in [-0.05, 0) is 0 Å². The van der Waals surface area contributed by atoms with Crippen molar-refractivity contribution in [3.05, 3.63) is 34.9 Å². The summed E-state index contributed by atoms with van der Waals surface area (Å²) in [5, 5.41) is 25.0. The van der Waals surface area contributed by atoms with Crippen LogP contribution in [0, 0.1) is 10.1 Å². The highest BCUT2D eigenvalue weighted by Crippen LogP contribution is 2.27. The molecule has 3 aromatic rings. The van der Waals surface area contributed by atoms with Gasteiger partial charge in [0.1, 0.15) is 11.7 Å². The SMILES string of the molecule is COc1ncc(-n2cc3c(O)ncnc3n2)cc1[N+](=O)[O-]. The lowest BCUT2D eigenvalue weighted by atomic mass is 10.3. The zero-order valence-electron chi connectivity index (χ0n) is 10.7. The van der Waals surface area contributed by atoms with Gasteiger partial charge in [0.05, 0.1) is 23.9 Å². The van der Waals surface area contributed by atoms with E-state index in [-0.39, 0.29) is 23.1 Å². The molecule has 21 heavy (non-hydrogen) atoms. The molecule has 10 heteroatoms. The number of nitrogens with zero attached hydrogens (tertiary/aromatic N) is 6. The van der Waals surface area contributed by atoms with E-state index in [0.717, 1.165) is 0 Å². The van der Waals surface area contributed by atoms with Crippen molar-refractivity contribution in [1.29, 1.82) is 0 Å². The van der Waals surface area contributed by atoms with Crippen molar-refractivity contribution in [1.82, 2.24) is 24.7 Å². The molecule has 1 N–H and O–H groups in total. The van der Waals surface area contributed by atoms with E-state index in [2.05, 4.69) is 20.1 Å². The highest BCUT2D eigenvalue weighted by Gasteiger charge is 2.18. The summed E-state index contributed by atoms with van der Waals surface area (Å²) in [6, 6.07) is 1.27. The van der Waals surface area contributed by atoms with Gasteiger partial charge < -0.3 is 9.84 Å². The maximum Gasteiger partial charge on any atom is 0.333 e. The fourth-order valence-electron chi connectivity index (χ4n) is 1.80. The fraction of sp³-hybridized carbons (Fsp3) is 0.0909. The summed E-state index contributed by atoms with van der Waals surface area (Å²) in [5.74, 6) is -0.315. The fourth-order valence-corrected chi connectivity index (χ4v) is 1.80. The van der Waals surface area contributed by atoms with E-state index < -0.39 is 4.92 Å². The summed E-state index contributed by atoms with van der Waals surface area (Å²) < 4.78 is 6.15. The van der Waals surface area contributed by atoms with Crippen molar-refractivity contribution < 1.29 is 14.8 Å². The number of hydrogen-bond donors (Lipinski definition) is 1. The van der Waals surface area contributed by atoms with Crippen LogP contribution in [0.1, 0.15) is 0 Å². The van der Waals surface area contributed by atoms with E-state index in [9.17, 15) is 15.2 Å². The molecule has 106 valence electrons. The number of hydrogen-bond acceptors (Lipinski definition) is 8. The molecule has 0 aliphatic rings. The molecule has 0 amide bonds. The molecular weight excluding hydrogens is 280 g/mol. The highest BCUT2D eigenvalue weighted by molar-refractivity contribution is 5.79. The molecule has 0 bridgehead atoms. The lowest BCUT2D eigenvalue weighted by Gasteiger charge is -2.03. The summed E-state index contributed by atoms with van der Waals surface area (Å²) in [7, 11) is 1.30. The van der Waals surface area contributed by atoms with Gasteiger partial charge in [-0.15, -0.1) is 5.10 Å². The van der Waals surface area contributed by atoms with Gasteiger partial charge in [0.15, 0.2) is 5.65 Å². The van der Waals surface area contributed by atoms with Gasteiger partial charge in [-0.3, -0.25) is 10.1 Å². The molecule has 0 atom stereocenters. The maximum absolute atomic E-state index is 11.0. The molecule has 0 unspecified atom stereocenters. The average Bonchev–Trinajstić information content (AvgIpc) is 2.92. The third kappa shape index (κ3) is 2.08. The first kappa shape index (κ1) is 12.7. The number of rotatable bonds is 3. The predicted octanol–water partition coefficient (Wildman–Crippen LogP) is 0.833. The van der Waals surface area contributed by atoms with Crippen LogP contribution in [0.4, 0.5) is 5.69 Å². The van der Waals surface area contributed by atoms with Crippen LogP contribution in [0.2, 0.25) is 0 Å². The zero-order chi connectivity index (χ0) is 15.0. The van der Waals surface area contributed by atoms with Crippen molar-refractivity contribution in [2.75, 3.05) is 7.11 Å². The Kier molecular flexibility index (Phi) is 2.83. The number of aromatic hydroxyl groups is 1.